The summed E-state index contributed by atoms with van der Waals surface area (Å²) >= 11 is 3.38. The summed E-state index contributed by atoms with van der Waals surface area (Å²) in [5.74, 6) is -1.43. The predicted molar refractivity (Wildman–Crippen MR) is 84.8 cm³/mol. The van der Waals surface area contributed by atoms with E-state index in [1.807, 2.05) is 6.07 Å². The molecule has 0 radical (unpaired) electrons. The van der Waals surface area contributed by atoms with Gasteiger partial charge in [-0.05, 0) is 37.3 Å². The van der Waals surface area contributed by atoms with Crippen molar-refractivity contribution in [3.05, 3.63) is 58.1 Å². The van der Waals surface area contributed by atoms with Crippen LogP contribution in [0.25, 0.3) is 0 Å². The Morgan fingerprint density at radius 3 is 2.59 bits per heavy atom. The Kier molecular flexibility index (Phi) is 3.87. The standard InChI is InChI=1S/C16H13BrF2N2O/c1-9-16(22)20-14-6-5-10(17)7-15(14)21(9)8-11-12(18)3-2-4-13(11)19/h2-7,9H,8H2,1H3,(H,20,22)/t9-/m1/s1. The first-order valence-corrected chi connectivity index (χ1v) is 7.56. The Labute approximate surface area is 135 Å². The van der Waals surface area contributed by atoms with Crippen molar-refractivity contribution in [3.8, 4) is 0 Å². The van der Waals surface area contributed by atoms with Crippen molar-refractivity contribution < 1.29 is 13.6 Å². The number of benzene rings is 2. The second-order valence-electron chi connectivity index (χ2n) is 5.15. The zero-order valence-corrected chi connectivity index (χ0v) is 13.3. The summed E-state index contributed by atoms with van der Waals surface area (Å²) in [4.78, 5) is 13.8. The second-order valence-corrected chi connectivity index (χ2v) is 6.07. The highest BCUT2D eigenvalue weighted by molar-refractivity contribution is 9.10. The highest BCUT2D eigenvalue weighted by Crippen LogP contribution is 2.36. The molecule has 2 aromatic rings. The molecule has 3 rings (SSSR count). The lowest BCUT2D eigenvalue weighted by Crippen LogP contribution is -2.46. The van der Waals surface area contributed by atoms with Gasteiger partial charge < -0.3 is 10.2 Å². The maximum absolute atomic E-state index is 13.9. The molecular formula is C16H13BrF2N2O. The molecule has 1 heterocycles. The van der Waals surface area contributed by atoms with Crippen LogP contribution >= 0.6 is 15.9 Å². The SMILES string of the molecule is C[C@@H]1C(=O)Nc2ccc(Br)cc2N1Cc1c(F)cccc1F. The first kappa shape index (κ1) is 15.0. The molecule has 0 bridgehead atoms. The Morgan fingerprint density at radius 2 is 1.91 bits per heavy atom. The van der Waals surface area contributed by atoms with Gasteiger partial charge in [0.05, 0.1) is 11.4 Å². The number of carbonyl (C=O) groups is 1. The van der Waals surface area contributed by atoms with E-state index in [4.69, 9.17) is 0 Å². The number of nitrogens with zero attached hydrogens (tertiary/aromatic N) is 1. The molecule has 0 aliphatic carbocycles. The molecule has 0 fully saturated rings. The van der Waals surface area contributed by atoms with Gasteiger partial charge in [-0.1, -0.05) is 22.0 Å². The molecule has 2 aromatic carbocycles. The second kappa shape index (κ2) is 5.68. The molecule has 1 aliphatic heterocycles. The van der Waals surface area contributed by atoms with E-state index in [-0.39, 0.29) is 18.0 Å². The molecule has 0 saturated carbocycles. The summed E-state index contributed by atoms with van der Waals surface area (Å²) in [5, 5.41) is 2.79. The van der Waals surface area contributed by atoms with Crippen LogP contribution in [0, 0.1) is 11.6 Å². The van der Waals surface area contributed by atoms with Gasteiger partial charge in [0.25, 0.3) is 0 Å². The summed E-state index contributed by atoms with van der Waals surface area (Å²) in [6.07, 6.45) is 0. The van der Waals surface area contributed by atoms with E-state index in [1.165, 1.54) is 18.2 Å². The molecule has 0 unspecified atom stereocenters. The molecule has 3 nitrogen and oxygen atoms in total. The first-order valence-electron chi connectivity index (χ1n) is 6.77. The van der Waals surface area contributed by atoms with Crippen LogP contribution in [0.4, 0.5) is 20.2 Å². The normalized spacial score (nSPS) is 17.2. The van der Waals surface area contributed by atoms with Crippen LogP contribution < -0.4 is 10.2 Å². The van der Waals surface area contributed by atoms with E-state index in [0.29, 0.717) is 5.69 Å². The van der Waals surface area contributed by atoms with E-state index in [2.05, 4.69) is 21.2 Å². The van der Waals surface area contributed by atoms with Crippen LogP contribution in [0.1, 0.15) is 12.5 Å². The number of hydrogen-bond donors (Lipinski definition) is 1. The third kappa shape index (κ3) is 2.59. The lowest BCUT2D eigenvalue weighted by molar-refractivity contribution is -0.117. The largest absolute Gasteiger partial charge is 0.354 e. The maximum atomic E-state index is 13.9. The minimum atomic E-state index is -0.616. The van der Waals surface area contributed by atoms with Crippen molar-refractivity contribution >= 4 is 33.2 Å². The van der Waals surface area contributed by atoms with Gasteiger partial charge in [0, 0.05) is 16.6 Å². The lowest BCUT2D eigenvalue weighted by atomic mass is 10.1. The van der Waals surface area contributed by atoms with Gasteiger partial charge in [-0.15, -0.1) is 0 Å². The fraction of sp³-hybridized carbons (Fsp3) is 0.188. The lowest BCUT2D eigenvalue weighted by Gasteiger charge is -2.36. The molecule has 1 amide bonds. The highest BCUT2D eigenvalue weighted by Gasteiger charge is 2.30. The molecular weight excluding hydrogens is 354 g/mol. The van der Waals surface area contributed by atoms with Crippen LogP contribution in [0.5, 0.6) is 0 Å². The zero-order valence-electron chi connectivity index (χ0n) is 11.7. The zero-order chi connectivity index (χ0) is 15.9. The maximum Gasteiger partial charge on any atom is 0.246 e. The van der Waals surface area contributed by atoms with Crippen molar-refractivity contribution in [2.24, 2.45) is 0 Å². The molecule has 6 heteroatoms. The van der Waals surface area contributed by atoms with Crippen molar-refractivity contribution in [2.75, 3.05) is 10.2 Å². The fourth-order valence-corrected chi connectivity index (χ4v) is 2.86. The smallest absolute Gasteiger partial charge is 0.246 e. The first-order chi connectivity index (χ1) is 10.5. The third-order valence-electron chi connectivity index (χ3n) is 3.76. The number of nitrogens with one attached hydrogen (secondary N) is 1. The van der Waals surface area contributed by atoms with E-state index in [1.54, 1.807) is 24.0 Å². The van der Waals surface area contributed by atoms with Gasteiger partial charge in [0.1, 0.15) is 17.7 Å². The minimum Gasteiger partial charge on any atom is -0.354 e. The van der Waals surface area contributed by atoms with Gasteiger partial charge >= 0.3 is 0 Å². The fourth-order valence-electron chi connectivity index (χ4n) is 2.51. The molecule has 22 heavy (non-hydrogen) atoms. The Morgan fingerprint density at radius 1 is 1.23 bits per heavy atom. The third-order valence-corrected chi connectivity index (χ3v) is 4.26. The van der Waals surface area contributed by atoms with Crippen molar-refractivity contribution in [2.45, 2.75) is 19.5 Å². The molecule has 114 valence electrons. The quantitative estimate of drug-likeness (QED) is 0.868. The number of rotatable bonds is 2. The molecule has 1 aliphatic rings. The summed E-state index contributed by atoms with van der Waals surface area (Å²) in [6.45, 7) is 1.69. The average Bonchev–Trinajstić information content (AvgIpc) is 2.47. The topological polar surface area (TPSA) is 32.3 Å². The van der Waals surface area contributed by atoms with Crippen LogP contribution in [0.2, 0.25) is 0 Å². The van der Waals surface area contributed by atoms with E-state index in [9.17, 15) is 13.6 Å². The van der Waals surface area contributed by atoms with Crippen LogP contribution in [0.3, 0.4) is 0 Å². The Bertz CT molecular complexity index is 731. The monoisotopic (exact) mass is 366 g/mol. The minimum absolute atomic E-state index is 0.0173. The van der Waals surface area contributed by atoms with E-state index >= 15 is 0 Å². The molecule has 1 N–H and O–H groups in total. The average molecular weight is 367 g/mol. The number of fused-ring (bicyclic) bond motifs is 1. The molecule has 0 saturated heterocycles. The van der Waals surface area contributed by atoms with Crippen LogP contribution in [0.15, 0.2) is 40.9 Å². The van der Waals surface area contributed by atoms with Crippen LogP contribution in [-0.4, -0.2) is 11.9 Å². The number of carbonyl (C=O) groups excluding carboxylic acids is 1. The summed E-state index contributed by atoms with van der Waals surface area (Å²) in [5.41, 5.74) is 1.31. The Hall–Kier alpha value is -1.95. The summed E-state index contributed by atoms with van der Waals surface area (Å²) < 4.78 is 28.6. The van der Waals surface area contributed by atoms with E-state index in [0.717, 1.165) is 10.2 Å². The molecule has 0 spiro atoms. The van der Waals surface area contributed by atoms with E-state index < -0.39 is 17.7 Å². The molecule has 0 aromatic heterocycles. The summed E-state index contributed by atoms with van der Waals surface area (Å²) in [6, 6.07) is 8.62. The predicted octanol–water partition coefficient (Wildman–Crippen LogP) is 4.07. The number of anilines is 2. The Balaban J connectivity index is 2.06. The number of amides is 1. The van der Waals surface area contributed by atoms with Gasteiger partial charge in [-0.2, -0.15) is 0 Å². The van der Waals surface area contributed by atoms with Crippen molar-refractivity contribution in [1.29, 1.82) is 0 Å². The van der Waals surface area contributed by atoms with Crippen LogP contribution in [-0.2, 0) is 11.3 Å². The van der Waals surface area contributed by atoms with Gasteiger partial charge in [-0.3, -0.25) is 4.79 Å². The van der Waals surface area contributed by atoms with Gasteiger partial charge in [0.2, 0.25) is 5.91 Å². The van der Waals surface area contributed by atoms with Gasteiger partial charge in [0.15, 0.2) is 0 Å². The van der Waals surface area contributed by atoms with Crippen molar-refractivity contribution in [3.63, 3.8) is 0 Å². The summed E-state index contributed by atoms with van der Waals surface area (Å²) in [7, 11) is 0. The number of hydrogen-bond acceptors (Lipinski definition) is 2. The van der Waals surface area contributed by atoms with Gasteiger partial charge in [-0.25, -0.2) is 8.78 Å². The molecule has 1 atom stereocenters. The van der Waals surface area contributed by atoms with Crippen molar-refractivity contribution in [1.82, 2.24) is 0 Å². The highest BCUT2D eigenvalue weighted by atomic mass is 79.9. The number of halogens is 3.